The third-order valence-corrected chi connectivity index (χ3v) is 3.30. The normalized spacial score (nSPS) is 18.4. The second-order valence-corrected chi connectivity index (χ2v) is 4.81. The highest BCUT2D eigenvalue weighted by Crippen LogP contribution is 2.30. The first-order valence-electron chi connectivity index (χ1n) is 6.51. The minimum atomic E-state index is -1.10. The molecule has 1 aliphatic rings. The Hall–Kier alpha value is -1.79. The number of hydrogen-bond acceptors (Lipinski definition) is 3. The summed E-state index contributed by atoms with van der Waals surface area (Å²) in [5, 5.41) is 16.5. The van der Waals surface area contributed by atoms with E-state index in [0.29, 0.717) is 19.4 Å². The molecule has 0 spiro atoms. The summed E-state index contributed by atoms with van der Waals surface area (Å²) in [5.41, 5.74) is -0.983. The van der Waals surface area contributed by atoms with Gasteiger partial charge in [-0.3, -0.25) is 9.59 Å². The van der Waals surface area contributed by atoms with Crippen LogP contribution in [0.3, 0.4) is 0 Å². The van der Waals surface area contributed by atoms with Crippen LogP contribution >= 0.6 is 0 Å². The molecule has 0 aliphatic heterocycles. The van der Waals surface area contributed by atoms with Gasteiger partial charge in [-0.25, -0.2) is 4.79 Å². The Morgan fingerprint density at radius 1 is 1.26 bits per heavy atom. The number of carboxylic acids is 1. The van der Waals surface area contributed by atoms with E-state index in [-0.39, 0.29) is 0 Å². The monoisotopic (exact) mass is 271 g/mol. The topological polar surface area (TPSA) is 108 Å². The molecule has 1 saturated carbocycles. The molecule has 1 atom stereocenters. The minimum absolute atomic E-state index is 0.400. The van der Waals surface area contributed by atoms with Gasteiger partial charge in [0.05, 0.1) is 0 Å². The highest BCUT2D eigenvalue weighted by atomic mass is 16.4. The Morgan fingerprint density at radius 3 is 2.32 bits per heavy atom. The lowest BCUT2D eigenvalue weighted by atomic mass is 9.96. The van der Waals surface area contributed by atoms with Crippen molar-refractivity contribution in [2.45, 2.75) is 51.1 Å². The maximum atomic E-state index is 12.2. The first-order chi connectivity index (χ1) is 8.91. The average molecular weight is 271 g/mol. The average Bonchev–Trinajstić information content (AvgIpc) is 2.78. The second-order valence-electron chi connectivity index (χ2n) is 4.81. The SMILES string of the molecule is CCNC(=O)NC1(C(=O)N[C@@H](C)C(=O)O)CCCC1. The number of rotatable bonds is 5. The summed E-state index contributed by atoms with van der Waals surface area (Å²) in [4.78, 5) is 34.6. The molecule has 3 amide bonds. The van der Waals surface area contributed by atoms with Crippen LogP contribution in [-0.2, 0) is 9.59 Å². The van der Waals surface area contributed by atoms with Crippen molar-refractivity contribution in [2.75, 3.05) is 6.54 Å². The Bertz CT molecular complexity index is 364. The van der Waals surface area contributed by atoms with E-state index in [1.165, 1.54) is 6.92 Å². The van der Waals surface area contributed by atoms with Crippen LogP contribution in [0.15, 0.2) is 0 Å². The molecule has 4 N–H and O–H groups in total. The number of nitrogens with one attached hydrogen (secondary N) is 3. The fraction of sp³-hybridized carbons (Fsp3) is 0.750. The van der Waals surface area contributed by atoms with Gasteiger partial charge in [0.1, 0.15) is 11.6 Å². The van der Waals surface area contributed by atoms with E-state index < -0.39 is 29.5 Å². The smallest absolute Gasteiger partial charge is 0.325 e. The van der Waals surface area contributed by atoms with Gasteiger partial charge in [-0.05, 0) is 26.7 Å². The fourth-order valence-electron chi connectivity index (χ4n) is 2.21. The molecule has 0 heterocycles. The maximum Gasteiger partial charge on any atom is 0.325 e. The summed E-state index contributed by atoms with van der Waals surface area (Å²) in [5.74, 6) is -1.52. The van der Waals surface area contributed by atoms with E-state index in [4.69, 9.17) is 5.11 Å². The lowest BCUT2D eigenvalue weighted by Gasteiger charge is -2.29. The molecule has 19 heavy (non-hydrogen) atoms. The third-order valence-electron chi connectivity index (χ3n) is 3.30. The predicted molar refractivity (Wildman–Crippen MR) is 68.6 cm³/mol. The zero-order valence-electron chi connectivity index (χ0n) is 11.3. The zero-order valence-corrected chi connectivity index (χ0v) is 11.3. The number of amides is 3. The Kier molecular flexibility index (Phi) is 5.14. The molecular weight excluding hydrogens is 250 g/mol. The summed E-state index contributed by atoms with van der Waals surface area (Å²) >= 11 is 0. The van der Waals surface area contributed by atoms with Gasteiger partial charge in [0.25, 0.3) is 0 Å². The van der Waals surface area contributed by atoms with Crippen LogP contribution < -0.4 is 16.0 Å². The van der Waals surface area contributed by atoms with Crippen molar-refractivity contribution in [3.05, 3.63) is 0 Å². The molecule has 0 aromatic carbocycles. The molecule has 0 aromatic heterocycles. The number of hydrogen-bond donors (Lipinski definition) is 4. The first-order valence-corrected chi connectivity index (χ1v) is 6.51. The fourth-order valence-corrected chi connectivity index (χ4v) is 2.21. The van der Waals surface area contributed by atoms with Crippen molar-refractivity contribution in [3.63, 3.8) is 0 Å². The lowest BCUT2D eigenvalue weighted by molar-refractivity contribution is -0.142. The van der Waals surface area contributed by atoms with Crippen molar-refractivity contribution in [3.8, 4) is 0 Å². The second kappa shape index (κ2) is 6.40. The molecular formula is C12H21N3O4. The van der Waals surface area contributed by atoms with Gasteiger partial charge in [-0.1, -0.05) is 12.8 Å². The standard InChI is InChI=1S/C12H21N3O4/c1-3-13-11(19)15-12(6-4-5-7-12)10(18)14-8(2)9(16)17/h8H,3-7H2,1-2H3,(H,14,18)(H,16,17)(H2,13,15,19)/t8-/m0/s1. The number of carboxylic acid groups (broad SMARTS) is 1. The number of carbonyl (C=O) groups is 3. The van der Waals surface area contributed by atoms with Gasteiger partial charge in [0.2, 0.25) is 5.91 Å². The largest absolute Gasteiger partial charge is 0.480 e. The number of carbonyl (C=O) groups excluding carboxylic acids is 2. The number of urea groups is 1. The zero-order chi connectivity index (χ0) is 14.5. The van der Waals surface area contributed by atoms with Crippen molar-refractivity contribution < 1.29 is 19.5 Å². The summed E-state index contributed by atoms with van der Waals surface area (Å²) in [6.07, 6.45) is 2.73. The molecule has 0 bridgehead atoms. The van der Waals surface area contributed by atoms with E-state index in [2.05, 4.69) is 16.0 Å². The minimum Gasteiger partial charge on any atom is -0.480 e. The lowest BCUT2D eigenvalue weighted by Crippen LogP contribution is -2.61. The molecule has 1 rings (SSSR count). The van der Waals surface area contributed by atoms with Gasteiger partial charge < -0.3 is 21.1 Å². The van der Waals surface area contributed by atoms with E-state index in [1.54, 1.807) is 6.92 Å². The third kappa shape index (κ3) is 3.84. The molecule has 0 unspecified atom stereocenters. The van der Waals surface area contributed by atoms with Crippen molar-refractivity contribution in [1.29, 1.82) is 0 Å². The molecule has 0 aromatic rings. The van der Waals surface area contributed by atoms with E-state index in [0.717, 1.165) is 12.8 Å². The van der Waals surface area contributed by atoms with Crippen molar-refractivity contribution in [2.24, 2.45) is 0 Å². The maximum absolute atomic E-state index is 12.2. The molecule has 0 saturated heterocycles. The van der Waals surface area contributed by atoms with Crippen LogP contribution in [0.4, 0.5) is 4.79 Å². The quantitative estimate of drug-likeness (QED) is 0.573. The Balaban J connectivity index is 2.72. The molecule has 0 radical (unpaired) electrons. The van der Waals surface area contributed by atoms with Crippen LogP contribution in [0.25, 0.3) is 0 Å². The van der Waals surface area contributed by atoms with Gasteiger partial charge >= 0.3 is 12.0 Å². The van der Waals surface area contributed by atoms with Crippen molar-refractivity contribution >= 4 is 17.9 Å². The molecule has 1 aliphatic carbocycles. The van der Waals surface area contributed by atoms with Crippen LogP contribution in [0.5, 0.6) is 0 Å². The summed E-state index contributed by atoms with van der Waals surface area (Å²) in [7, 11) is 0. The molecule has 7 nitrogen and oxygen atoms in total. The Morgan fingerprint density at radius 2 is 1.84 bits per heavy atom. The highest BCUT2D eigenvalue weighted by Gasteiger charge is 2.43. The molecule has 1 fully saturated rings. The molecule has 7 heteroatoms. The summed E-state index contributed by atoms with van der Waals surface area (Å²) < 4.78 is 0. The molecule has 108 valence electrons. The highest BCUT2D eigenvalue weighted by molar-refractivity contribution is 5.93. The van der Waals surface area contributed by atoms with E-state index in [1.807, 2.05) is 0 Å². The predicted octanol–water partition coefficient (Wildman–Crippen LogP) is 0.208. The van der Waals surface area contributed by atoms with Gasteiger partial charge in [0, 0.05) is 6.54 Å². The van der Waals surface area contributed by atoms with Gasteiger partial charge in [-0.15, -0.1) is 0 Å². The van der Waals surface area contributed by atoms with Gasteiger partial charge in [-0.2, -0.15) is 0 Å². The van der Waals surface area contributed by atoms with Crippen LogP contribution in [0.2, 0.25) is 0 Å². The van der Waals surface area contributed by atoms with Crippen LogP contribution in [-0.4, -0.2) is 41.1 Å². The summed E-state index contributed by atoms with van der Waals surface area (Å²) in [6.45, 7) is 3.65. The van der Waals surface area contributed by atoms with Crippen LogP contribution in [0.1, 0.15) is 39.5 Å². The Labute approximate surface area is 112 Å². The van der Waals surface area contributed by atoms with E-state index >= 15 is 0 Å². The summed E-state index contributed by atoms with van der Waals surface area (Å²) in [6, 6.07) is -1.37. The number of aliphatic carboxylic acids is 1. The van der Waals surface area contributed by atoms with Crippen LogP contribution in [0, 0.1) is 0 Å². The first kappa shape index (κ1) is 15.3. The van der Waals surface area contributed by atoms with Crippen molar-refractivity contribution in [1.82, 2.24) is 16.0 Å². The van der Waals surface area contributed by atoms with Gasteiger partial charge in [0.15, 0.2) is 0 Å². The van der Waals surface area contributed by atoms with E-state index in [9.17, 15) is 14.4 Å².